The molecule has 1 aliphatic heterocycles. The number of allylic oxidation sites excluding steroid dienone is 2. The fourth-order valence-corrected chi connectivity index (χ4v) is 4.43. The molecule has 140 valence electrons. The second-order valence-corrected chi connectivity index (χ2v) is 7.20. The lowest BCUT2D eigenvalue weighted by Crippen LogP contribution is -2.35. The molecule has 0 unspecified atom stereocenters. The van der Waals surface area contributed by atoms with Crippen LogP contribution in [0.3, 0.4) is 0 Å². The number of hydrogen-bond acceptors (Lipinski definition) is 5. The van der Waals surface area contributed by atoms with Crippen LogP contribution in [0.25, 0.3) is 0 Å². The first-order chi connectivity index (χ1) is 13.0. The van der Waals surface area contributed by atoms with Crippen molar-refractivity contribution in [2.45, 2.75) is 12.8 Å². The molecule has 1 aromatic carbocycles. The molecule has 3 aliphatic rings. The lowest BCUT2D eigenvalue weighted by molar-refractivity contribution is -0.140. The summed E-state index contributed by atoms with van der Waals surface area (Å²) in [5.74, 6) is -1.16. The highest BCUT2D eigenvalue weighted by Gasteiger charge is 2.58. The van der Waals surface area contributed by atoms with Crippen molar-refractivity contribution >= 4 is 29.4 Å². The molecule has 7 heteroatoms. The molecule has 2 bridgehead atoms. The Morgan fingerprint density at radius 3 is 2.22 bits per heavy atom. The van der Waals surface area contributed by atoms with E-state index in [-0.39, 0.29) is 54.4 Å². The van der Waals surface area contributed by atoms with E-state index in [0.717, 1.165) is 6.42 Å². The van der Waals surface area contributed by atoms with Gasteiger partial charge in [0.25, 0.3) is 0 Å². The van der Waals surface area contributed by atoms with Gasteiger partial charge < -0.3 is 10.1 Å². The van der Waals surface area contributed by atoms with E-state index in [1.807, 2.05) is 12.2 Å². The summed E-state index contributed by atoms with van der Waals surface area (Å²) in [4.78, 5) is 50.0. The highest BCUT2D eigenvalue weighted by molar-refractivity contribution is 6.06. The molecule has 4 atom stereocenters. The van der Waals surface area contributed by atoms with Crippen LogP contribution in [-0.4, -0.2) is 42.2 Å². The van der Waals surface area contributed by atoms with Crippen LogP contribution in [-0.2, 0) is 19.1 Å². The van der Waals surface area contributed by atoms with Gasteiger partial charge in [0.05, 0.1) is 24.5 Å². The zero-order valence-electron chi connectivity index (χ0n) is 14.9. The van der Waals surface area contributed by atoms with E-state index < -0.39 is 5.97 Å². The normalized spacial score (nSPS) is 27.8. The third-order valence-electron chi connectivity index (χ3n) is 5.71. The Labute approximate surface area is 156 Å². The van der Waals surface area contributed by atoms with Gasteiger partial charge in [0.1, 0.15) is 0 Å². The number of carbonyl (C=O) groups excluding carboxylic acids is 4. The second kappa shape index (κ2) is 6.64. The molecule has 27 heavy (non-hydrogen) atoms. The average Bonchev–Trinajstić information content (AvgIpc) is 3.35. The van der Waals surface area contributed by atoms with Gasteiger partial charge in [-0.2, -0.15) is 0 Å². The number of methoxy groups -OCH3 is 1. The third kappa shape index (κ3) is 2.93. The van der Waals surface area contributed by atoms with Crippen molar-refractivity contribution in [3.63, 3.8) is 0 Å². The number of amides is 3. The first-order valence-corrected chi connectivity index (χ1v) is 9.01. The molecule has 2 fully saturated rings. The van der Waals surface area contributed by atoms with E-state index in [9.17, 15) is 19.2 Å². The molecule has 7 nitrogen and oxygen atoms in total. The maximum absolute atomic E-state index is 12.6. The molecule has 1 saturated carbocycles. The van der Waals surface area contributed by atoms with Crippen LogP contribution in [0.5, 0.6) is 0 Å². The summed E-state index contributed by atoms with van der Waals surface area (Å²) in [5, 5.41) is 2.71. The molecule has 1 heterocycles. The molecule has 4 rings (SSSR count). The van der Waals surface area contributed by atoms with Gasteiger partial charge >= 0.3 is 5.97 Å². The number of ether oxygens (including phenoxy) is 1. The summed E-state index contributed by atoms with van der Waals surface area (Å²) >= 11 is 0. The minimum absolute atomic E-state index is 0.0401. The SMILES string of the molecule is COC(=O)c1ccc(NC(=O)CCN2C(=O)[C@@H]3[C@@H](C2=O)[C@H]2C=C[C@H]3C2)cc1. The van der Waals surface area contributed by atoms with Crippen molar-refractivity contribution in [1.29, 1.82) is 0 Å². The first kappa shape index (κ1) is 17.5. The third-order valence-corrected chi connectivity index (χ3v) is 5.71. The van der Waals surface area contributed by atoms with Crippen molar-refractivity contribution in [3.8, 4) is 0 Å². The Morgan fingerprint density at radius 1 is 1.07 bits per heavy atom. The van der Waals surface area contributed by atoms with Crippen LogP contribution in [0.15, 0.2) is 36.4 Å². The maximum Gasteiger partial charge on any atom is 0.337 e. The number of imide groups is 1. The van der Waals surface area contributed by atoms with Crippen LogP contribution in [0, 0.1) is 23.7 Å². The lowest BCUT2D eigenvalue weighted by atomic mass is 9.85. The van der Waals surface area contributed by atoms with Gasteiger partial charge in [-0.25, -0.2) is 4.79 Å². The molecule has 1 saturated heterocycles. The molecule has 0 aromatic heterocycles. The number of nitrogens with one attached hydrogen (secondary N) is 1. The number of likely N-dealkylation sites (tertiary alicyclic amines) is 1. The number of esters is 1. The largest absolute Gasteiger partial charge is 0.465 e. The van der Waals surface area contributed by atoms with Gasteiger partial charge in [-0.15, -0.1) is 0 Å². The Hall–Kier alpha value is -2.96. The summed E-state index contributed by atoms with van der Waals surface area (Å²) in [6.45, 7) is 0.0934. The van der Waals surface area contributed by atoms with E-state index in [1.165, 1.54) is 12.0 Å². The number of rotatable bonds is 5. The van der Waals surface area contributed by atoms with Crippen molar-refractivity contribution < 1.29 is 23.9 Å². The molecule has 0 radical (unpaired) electrons. The second-order valence-electron chi connectivity index (χ2n) is 7.20. The highest BCUT2D eigenvalue weighted by atomic mass is 16.5. The molecular weight excluding hydrogens is 348 g/mol. The highest BCUT2D eigenvalue weighted by Crippen LogP contribution is 2.52. The van der Waals surface area contributed by atoms with Crippen molar-refractivity contribution in [3.05, 3.63) is 42.0 Å². The lowest BCUT2D eigenvalue weighted by Gasteiger charge is -2.17. The summed E-state index contributed by atoms with van der Waals surface area (Å²) in [5.41, 5.74) is 0.921. The summed E-state index contributed by atoms with van der Waals surface area (Å²) in [6.07, 6.45) is 5.03. The summed E-state index contributed by atoms with van der Waals surface area (Å²) in [6, 6.07) is 6.31. The fraction of sp³-hybridized carbons (Fsp3) is 0.400. The van der Waals surface area contributed by atoms with Crippen molar-refractivity contribution in [1.82, 2.24) is 4.90 Å². The van der Waals surface area contributed by atoms with Gasteiger partial charge in [-0.05, 0) is 42.5 Å². The van der Waals surface area contributed by atoms with E-state index in [0.29, 0.717) is 11.3 Å². The number of anilines is 1. The minimum Gasteiger partial charge on any atom is -0.465 e. The Balaban J connectivity index is 1.33. The van der Waals surface area contributed by atoms with Crippen LogP contribution >= 0.6 is 0 Å². The number of carbonyl (C=O) groups is 4. The van der Waals surface area contributed by atoms with E-state index in [2.05, 4.69) is 10.1 Å². The quantitative estimate of drug-likeness (QED) is 0.484. The smallest absolute Gasteiger partial charge is 0.337 e. The number of fused-ring (bicyclic) bond motifs is 5. The molecule has 1 N–H and O–H groups in total. The van der Waals surface area contributed by atoms with Crippen molar-refractivity contribution in [2.24, 2.45) is 23.7 Å². The summed E-state index contributed by atoms with van der Waals surface area (Å²) < 4.78 is 4.62. The van der Waals surface area contributed by atoms with E-state index in [4.69, 9.17) is 0 Å². The van der Waals surface area contributed by atoms with E-state index in [1.54, 1.807) is 24.3 Å². The van der Waals surface area contributed by atoms with Crippen LogP contribution in [0.2, 0.25) is 0 Å². The van der Waals surface area contributed by atoms with Gasteiger partial charge in [-0.1, -0.05) is 12.2 Å². The number of hydrogen-bond donors (Lipinski definition) is 1. The van der Waals surface area contributed by atoms with Gasteiger partial charge in [0, 0.05) is 18.7 Å². The first-order valence-electron chi connectivity index (χ1n) is 9.01. The Morgan fingerprint density at radius 2 is 1.67 bits per heavy atom. The predicted octanol–water partition coefficient (Wildman–Crippen LogP) is 1.61. The molecule has 0 spiro atoms. The zero-order valence-corrected chi connectivity index (χ0v) is 14.9. The number of benzene rings is 1. The van der Waals surface area contributed by atoms with Crippen LogP contribution in [0.4, 0.5) is 5.69 Å². The molecular formula is C20H20N2O5. The van der Waals surface area contributed by atoms with Crippen LogP contribution in [0.1, 0.15) is 23.2 Å². The predicted molar refractivity (Wildman–Crippen MR) is 95.5 cm³/mol. The number of nitrogens with zero attached hydrogens (tertiary/aromatic N) is 1. The van der Waals surface area contributed by atoms with Crippen LogP contribution < -0.4 is 5.32 Å². The zero-order chi connectivity index (χ0) is 19.1. The van der Waals surface area contributed by atoms with Gasteiger partial charge in [0.2, 0.25) is 17.7 Å². The van der Waals surface area contributed by atoms with E-state index >= 15 is 0 Å². The topological polar surface area (TPSA) is 92.8 Å². The van der Waals surface area contributed by atoms with Gasteiger partial charge in [-0.3, -0.25) is 19.3 Å². The molecule has 2 aliphatic carbocycles. The Bertz CT molecular complexity index is 814. The maximum atomic E-state index is 12.6. The standard InChI is InChI=1S/C20H20N2O5/c1-27-20(26)11-4-6-14(7-5-11)21-15(23)8-9-22-18(24)16-12-2-3-13(10-12)17(16)19(22)25/h2-7,12-13,16-17H,8-10H2,1H3,(H,21,23)/t12-,13-,16-,17-/m0/s1. The Kier molecular flexibility index (Phi) is 4.30. The average molecular weight is 368 g/mol. The monoisotopic (exact) mass is 368 g/mol. The van der Waals surface area contributed by atoms with Gasteiger partial charge in [0.15, 0.2) is 0 Å². The summed E-state index contributed by atoms with van der Waals surface area (Å²) in [7, 11) is 1.30. The fourth-order valence-electron chi connectivity index (χ4n) is 4.43. The van der Waals surface area contributed by atoms with Crippen molar-refractivity contribution in [2.75, 3.05) is 19.0 Å². The minimum atomic E-state index is -0.451. The molecule has 1 aromatic rings. The molecule has 3 amide bonds.